The van der Waals surface area contributed by atoms with Gasteiger partial charge in [-0.15, -0.1) is 0 Å². The summed E-state index contributed by atoms with van der Waals surface area (Å²) in [6.45, 7) is 0. The van der Waals surface area contributed by atoms with Crippen LogP contribution in [0.25, 0.3) is 0 Å². The van der Waals surface area contributed by atoms with E-state index in [9.17, 15) is 9.59 Å². The molecule has 15 heavy (non-hydrogen) atoms. The SMILES string of the molecule is O=C1N[CH]([AlH2])C1O[I-]OC1C(=O)N[CH]1[AlH2]. The number of carbonyl (C=O) groups is 2. The maximum absolute atomic E-state index is 11.0. The van der Waals surface area contributed by atoms with Crippen LogP contribution in [-0.4, -0.2) is 66.4 Å². The third-order valence-electron chi connectivity index (χ3n) is 2.43. The second-order valence-electron chi connectivity index (χ2n) is 3.68. The average molecular weight is 355 g/mol. The quantitative estimate of drug-likeness (QED) is 0.299. The monoisotopic (exact) mass is 355 g/mol. The zero-order valence-electron chi connectivity index (χ0n) is 8.32. The first-order valence-electron chi connectivity index (χ1n) is 4.66. The topological polar surface area (TPSA) is 76.7 Å². The van der Waals surface area contributed by atoms with Gasteiger partial charge in [0.2, 0.25) is 0 Å². The van der Waals surface area contributed by atoms with Crippen molar-refractivity contribution in [1.82, 2.24) is 10.6 Å². The molecule has 0 saturated carbocycles. The zero-order valence-corrected chi connectivity index (χ0v) is 14.5. The summed E-state index contributed by atoms with van der Waals surface area (Å²) in [4.78, 5) is 22.4. The Morgan fingerprint density at radius 1 is 1.00 bits per heavy atom. The summed E-state index contributed by atoms with van der Waals surface area (Å²) in [5, 5.41) is 5.45. The van der Waals surface area contributed by atoms with Gasteiger partial charge >= 0.3 is 115 Å². The molecule has 6 nitrogen and oxygen atoms in total. The van der Waals surface area contributed by atoms with Crippen LogP contribution in [-0.2, 0) is 15.7 Å². The molecule has 0 aromatic carbocycles. The number of halogens is 1. The van der Waals surface area contributed by atoms with Gasteiger partial charge in [-0.05, 0) is 0 Å². The van der Waals surface area contributed by atoms with E-state index in [0.29, 0.717) is 0 Å². The summed E-state index contributed by atoms with van der Waals surface area (Å²) in [6.07, 6.45) is -0.639. The predicted octanol–water partition coefficient (Wildman–Crippen LogP) is -7.15. The molecular formula is C6H10Al2IN2O4-. The molecule has 4 atom stereocenters. The van der Waals surface area contributed by atoms with E-state index in [1.54, 1.807) is 0 Å². The van der Waals surface area contributed by atoms with Crippen molar-refractivity contribution in [3.63, 3.8) is 0 Å². The molecule has 0 aromatic heterocycles. The molecule has 4 unspecified atom stereocenters. The number of amides is 2. The fourth-order valence-electron chi connectivity index (χ4n) is 1.36. The first-order chi connectivity index (χ1) is 7.09. The molecule has 2 heterocycles. The second kappa shape index (κ2) is 4.88. The Morgan fingerprint density at radius 3 is 1.67 bits per heavy atom. The van der Waals surface area contributed by atoms with Crippen molar-refractivity contribution < 1.29 is 37.8 Å². The Kier molecular flexibility index (Phi) is 3.95. The molecule has 2 aliphatic rings. The van der Waals surface area contributed by atoms with E-state index in [1.807, 2.05) is 0 Å². The summed E-state index contributed by atoms with van der Waals surface area (Å²) in [5.74, 6) is -0.113. The van der Waals surface area contributed by atoms with Gasteiger partial charge in [-0.3, -0.25) is 0 Å². The molecule has 2 fully saturated rings. The molecule has 2 N–H and O–H groups in total. The summed E-state index contributed by atoms with van der Waals surface area (Å²) >= 11 is 0.808. The fourth-order valence-corrected chi connectivity index (χ4v) is 5.83. The molecular weight excluding hydrogens is 345 g/mol. The maximum atomic E-state index is 11.0. The van der Waals surface area contributed by atoms with Crippen molar-refractivity contribution in [2.45, 2.75) is 22.0 Å². The van der Waals surface area contributed by atoms with Gasteiger partial charge in [0.25, 0.3) is 0 Å². The number of nitrogens with one attached hydrogen (secondary N) is 2. The third-order valence-corrected chi connectivity index (χ3v) is 5.73. The Labute approximate surface area is 114 Å². The molecule has 9 heteroatoms. The first-order valence-corrected chi connectivity index (χ1v) is 8.74. The Hall–Kier alpha value is 0.655. The van der Waals surface area contributed by atoms with E-state index >= 15 is 0 Å². The van der Waals surface area contributed by atoms with Crippen LogP contribution in [0, 0.1) is 0 Å². The summed E-state index contributed by atoms with van der Waals surface area (Å²) in [5.41, 5.74) is 0. The van der Waals surface area contributed by atoms with Crippen LogP contribution in [0.4, 0.5) is 0 Å². The van der Waals surface area contributed by atoms with Crippen LogP contribution >= 0.6 is 0 Å². The van der Waals surface area contributed by atoms with Gasteiger partial charge < -0.3 is 0 Å². The zero-order chi connectivity index (χ0) is 11.0. The normalized spacial score (nSPS) is 38.9. The summed E-state index contributed by atoms with van der Waals surface area (Å²) in [6, 6.07) is 0. The average Bonchev–Trinajstić information content (AvgIpc) is 2.17. The number of hydrogen-bond acceptors (Lipinski definition) is 4. The van der Waals surface area contributed by atoms with Crippen LogP contribution in [0.5, 0.6) is 0 Å². The molecule has 2 rings (SSSR count). The van der Waals surface area contributed by atoms with Crippen molar-refractivity contribution in [2.75, 3.05) is 0 Å². The van der Waals surface area contributed by atoms with Gasteiger partial charge in [0, 0.05) is 0 Å². The van der Waals surface area contributed by atoms with E-state index in [2.05, 4.69) is 10.6 Å². The fraction of sp³-hybridized carbons (Fsp3) is 0.667. The molecule has 0 aromatic rings. The minimum atomic E-state index is -0.952. The van der Waals surface area contributed by atoms with Crippen molar-refractivity contribution >= 4 is 44.4 Å². The van der Waals surface area contributed by atoms with E-state index in [0.717, 1.165) is 32.6 Å². The van der Waals surface area contributed by atoms with Crippen LogP contribution in [0.3, 0.4) is 0 Å². The van der Waals surface area contributed by atoms with Crippen molar-refractivity contribution in [2.24, 2.45) is 0 Å². The van der Waals surface area contributed by atoms with Gasteiger partial charge in [-0.1, -0.05) is 0 Å². The van der Waals surface area contributed by atoms with E-state index < -0.39 is 22.0 Å². The Bertz CT molecular complexity index is 277. The Balaban J connectivity index is 1.66. The predicted molar refractivity (Wildman–Crippen MR) is 50.7 cm³/mol. The minimum absolute atomic E-state index is 0.0567. The molecule has 0 spiro atoms. The standard InChI is InChI=1S/C6H6IN2O4.2Al.4H/c10-5-3(1-8-5)12-7-13-4-2-9-6(4)11;;;;;;/h1-4H,(H,8,10)(H,9,11);;;;;;/q-1;;;;;;. The van der Waals surface area contributed by atoms with Crippen molar-refractivity contribution in [1.29, 1.82) is 0 Å². The van der Waals surface area contributed by atoms with Crippen LogP contribution in [0.1, 0.15) is 0 Å². The van der Waals surface area contributed by atoms with Crippen LogP contribution in [0.2, 0.25) is 0 Å². The molecule has 0 aliphatic carbocycles. The van der Waals surface area contributed by atoms with Crippen molar-refractivity contribution in [3.8, 4) is 0 Å². The van der Waals surface area contributed by atoms with E-state index in [-0.39, 0.29) is 33.8 Å². The van der Waals surface area contributed by atoms with Gasteiger partial charge in [-0.25, -0.2) is 0 Å². The number of β-lactam (4-membered cyclic amide) rings is 2. The van der Waals surface area contributed by atoms with Crippen molar-refractivity contribution in [3.05, 3.63) is 0 Å². The molecule has 82 valence electrons. The molecule has 2 amide bonds. The van der Waals surface area contributed by atoms with E-state index in [4.69, 9.17) is 6.13 Å². The van der Waals surface area contributed by atoms with Gasteiger partial charge in [0.05, 0.1) is 0 Å². The number of carbonyl (C=O) groups excluding carboxylic acids is 2. The van der Waals surface area contributed by atoms with Gasteiger partial charge in [0.15, 0.2) is 0 Å². The molecule has 2 saturated heterocycles. The number of hydrogen-bond donors (Lipinski definition) is 2. The first kappa shape index (κ1) is 12.1. The van der Waals surface area contributed by atoms with Gasteiger partial charge in [-0.2, -0.15) is 0 Å². The summed E-state index contributed by atoms with van der Waals surface area (Å²) < 4.78 is 10.7. The number of rotatable bonds is 4. The second-order valence-corrected chi connectivity index (χ2v) is 7.54. The van der Waals surface area contributed by atoms with E-state index in [1.165, 1.54) is 0 Å². The summed E-state index contributed by atoms with van der Waals surface area (Å²) in [7, 11) is 0. The van der Waals surface area contributed by atoms with Gasteiger partial charge in [0.1, 0.15) is 0 Å². The molecule has 0 bridgehead atoms. The van der Waals surface area contributed by atoms with Crippen LogP contribution in [0.15, 0.2) is 0 Å². The Morgan fingerprint density at radius 2 is 1.40 bits per heavy atom. The third kappa shape index (κ3) is 2.50. The molecule has 0 radical (unpaired) electrons. The molecule has 2 aliphatic heterocycles. The van der Waals surface area contributed by atoms with Crippen LogP contribution < -0.4 is 32.7 Å².